The third-order valence-corrected chi connectivity index (χ3v) is 3.90. The minimum atomic E-state index is -0.450. The number of hydrogen-bond donors (Lipinski definition) is 2. The van der Waals surface area contributed by atoms with Gasteiger partial charge >= 0.3 is 6.09 Å². The van der Waals surface area contributed by atoms with Crippen molar-refractivity contribution in [1.82, 2.24) is 10.6 Å². The second-order valence-electron chi connectivity index (χ2n) is 7.53. The molecule has 1 rings (SSSR count). The Morgan fingerprint density at radius 1 is 1.27 bits per heavy atom. The molecule has 1 amide bonds. The molecule has 0 aromatic carbocycles. The van der Waals surface area contributed by atoms with Crippen molar-refractivity contribution in [3.05, 3.63) is 0 Å². The molecule has 1 saturated heterocycles. The van der Waals surface area contributed by atoms with Crippen molar-refractivity contribution < 1.29 is 14.3 Å². The Balaban J connectivity index is 2.25. The smallest absolute Gasteiger partial charge is 0.407 e. The molecule has 0 aromatic rings. The number of carbonyl (C=O) groups is 1. The van der Waals surface area contributed by atoms with E-state index in [9.17, 15) is 4.79 Å². The van der Waals surface area contributed by atoms with Crippen molar-refractivity contribution in [1.29, 1.82) is 0 Å². The Hall–Kier alpha value is -0.810. The number of alkyl carbamates (subject to hydrolysis) is 1. The van der Waals surface area contributed by atoms with E-state index in [0.29, 0.717) is 24.5 Å². The third-order valence-electron chi connectivity index (χ3n) is 3.90. The molecule has 0 radical (unpaired) electrons. The van der Waals surface area contributed by atoms with Crippen LogP contribution in [0.5, 0.6) is 0 Å². The Labute approximate surface area is 135 Å². The molecule has 0 bridgehead atoms. The van der Waals surface area contributed by atoms with Crippen LogP contribution in [0.25, 0.3) is 0 Å². The summed E-state index contributed by atoms with van der Waals surface area (Å²) in [5, 5.41) is 6.37. The number of ether oxygens (including phenoxy) is 2. The molecule has 0 saturated carbocycles. The Kier molecular flexibility index (Phi) is 8.18. The number of amides is 1. The second-order valence-corrected chi connectivity index (χ2v) is 7.53. The van der Waals surface area contributed by atoms with Crippen LogP contribution in [0.15, 0.2) is 0 Å². The first kappa shape index (κ1) is 19.2. The van der Waals surface area contributed by atoms with Gasteiger partial charge in [-0.15, -0.1) is 0 Å². The zero-order chi connectivity index (χ0) is 16.6. The highest BCUT2D eigenvalue weighted by Gasteiger charge is 2.20. The van der Waals surface area contributed by atoms with E-state index in [4.69, 9.17) is 9.47 Å². The molecule has 2 atom stereocenters. The zero-order valence-electron chi connectivity index (χ0n) is 14.9. The van der Waals surface area contributed by atoms with Crippen molar-refractivity contribution >= 4 is 6.09 Å². The fourth-order valence-corrected chi connectivity index (χ4v) is 2.47. The van der Waals surface area contributed by atoms with Gasteiger partial charge in [0.25, 0.3) is 0 Å². The average molecular weight is 314 g/mol. The van der Waals surface area contributed by atoms with Crippen molar-refractivity contribution in [2.45, 2.75) is 65.6 Å². The maximum atomic E-state index is 11.7. The van der Waals surface area contributed by atoms with Gasteiger partial charge in [0.1, 0.15) is 5.60 Å². The molecule has 22 heavy (non-hydrogen) atoms. The van der Waals surface area contributed by atoms with E-state index in [1.54, 1.807) is 0 Å². The monoisotopic (exact) mass is 314 g/mol. The van der Waals surface area contributed by atoms with E-state index in [2.05, 4.69) is 24.5 Å². The summed E-state index contributed by atoms with van der Waals surface area (Å²) in [4.78, 5) is 11.7. The molecule has 1 aliphatic heterocycles. The largest absolute Gasteiger partial charge is 0.444 e. The molecule has 2 N–H and O–H groups in total. The quantitative estimate of drug-likeness (QED) is 0.758. The van der Waals surface area contributed by atoms with Crippen LogP contribution in [-0.2, 0) is 9.47 Å². The normalized spacial score (nSPS) is 20.7. The van der Waals surface area contributed by atoms with E-state index in [1.165, 1.54) is 12.8 Å². The summed E-state index contributed by atoms with van der Waals surface area (Å²) in [6, 6.07) is 0. The second kappa shape index (κ2) is 9.36. The summed E-state index contributed by atoms with van der Waals surface area (Å²) in [6.07, 6.45) is 3.61. The zero-order valence-corrected chi connectivity index (χ0v) is 14.9. The van der Waals surface area contributed by atoms with Crippen LogP contribution in [0.4, 0.5) is 4.79 Å². The molecule has 1 fully saturated rings. The van der Waals surface area contributed by atoms with Gasteiger partial charge in [-0.1, -0.05) is 13.8 Å². The van der Waals surface area contributed by atoms with Crippen molar-refractivity contribution in [3.8, 4) is 0 Å². The van der Waals surface area contributed by atoms with E-state index < -0.39 is 5.60 Å². The minimum Gasteiger partial charge on any atom is -0.444 e. The molecule has 1 heterocycles. The first-order valence-corrected chi connectivity index (χ1v) is 8.57. The molecule has 5 nitrogen and oxygen atoms in total. The first-order valence-electron chi connectivity index (χ1n) is 8.57. The van der Waals surface area contributed by atoms with E-state index >= 15 is 0 Å². The van der Waals surface area contributed by atoms with Gasteiger partial charge in [0.2, 0.25) is 0 Å². The molecule has 5 heteroatoms. The number of nitrogens with one attached hydrogen (secondary N) is 2. The lowest BCUT2D eigenvalue weighted by molar-refractivity contribution is 0.0161. The van der Waals surface area contributed by atoms with Gasteiger partial charge in [-0.2, -0.15) is 0 Å². The summed E-state index contributed by atoms with van der Waals surface area (Å²) < 4.78 is 11.0. The number of carbonyl (C=O) groups excluding carboxylic acids is 1. The topological polar surface area (TPSA) is 59.6 Å². The van der Waals surface area contributed by atoms with Crippen LogP contribution < -0.4 is 10.6 Å². The summed E-state index contributed by atoms with van der Waals surface area (Å²) in [5.74, 6) is 0.880. The Morgan fingerprint density at radius 2 is 2.00 bits per heavy atom. The Morgan fingerprint density at radius 3 is 2.55 bits per heavy atom. The van der Waals surface area contributed by atoms with E-state index in [0.717, 1.165) is 26.1 Å². The van der Waals surface area contributed by atoms with Gasteiger partial charge < -0.3 is 20.1 Å². The van der Waals surface area contributed by atoms with Gasteiger partial charge in [0.05, 0.1) is 6.10 Å². The molecule has 1 aliphatic rings. The standard InChI is InChI=1S/C17H34N2O3/c1-13(2)14(11-19-16(20)22-17(3,4)5)10-18-12-15-8-6-7-9-21-15/h13-15,18H,6-12H2,1-5H3,(H,19,20). The average Bonchev–Trinajstić information content (AvgIpc) is 2.41. The van der Waals surface area contributed by atoms with Crippen LogP contribution in [0.1, 0.15) is 53.9 Å². The molecular formula is C17H34N2O3. The van der Waals surface area contributed by atoms with Gasteiger partial charge in [0, 0.05) is 19.7 Å². The Bertz CT molecular complexity index is 320. The van der Waals surface area contributed by atoms with Crippen molar-refractivity contribution in [2.24, 2.45) is 11.8 Å². The summed E-state index contributed by atoms with van der Waals surface area (Å²) >= 11 is 0. The lowest BCUT2D eigenvalue weighted by Gasteiger charge is -2.26. The highest BCUT2D eigenvalue weighted by molar-refractivity contribution is 5.67. The molecule has 0 spiro atoms. The predicted molar refractivity (Wildman–Crippen MR) is 89.0 cm³/mol. The minimum absolute atomic E-state index is 0.339. The first-order chi connectivity index (χ1) is 10.3. The number of rotatable bonds is 7. The number of hydrogen-bond acceptors (Lipinski definition) is 4. The third kappa shape index (κ3) is 8.59. The molecule has 0 aromatic heterocycles. The maximum absolute atomic E-state index is 11.7. The maximum Gasteiger partial charge on any atom is 0.407 e. The fourth-order valence-electron chi connectivity index (χ4n) is 2.47. The van der Waals surface area contributed by atoms with Crippen LogP contribution in [0.2, 0.25) is 0 Å². The highest BCUT2D eigenvalue weighted by atomic mass is 16.6. The SMILES string of the molecule is CC(C)C(CNCC1CCCCO1)CNC(=O)OC(C)(C)C. The lowest BCUT2D eigenvalue weighted by Crippen LogP contribution is -2.41. The fraction of sp³-hybridized carbons (Fsp3) is 0.941. The van der Waals surface area contributed by atoms with Crippen molar-refractivity contribution in [3.63, 3.8) is 0 Å². The van der Waals surface area contributed by atoms with Crippen LogP contribution >= 0.6 is 0 Å². The summed E-state index contributed by atoms with van der Waals surface area (Å²) in [6.45, 7) is 13.3. The molecule has 0 aliphatic carbocycles. The van der Waals surface area contributed by atoms with Gasteiger partial charge in [-0.25, -0.2) is 4.79 Å². The predicted octanol–water partition coefficient (Wildman–Crippen LogP) is 2.94. The summed E-state index contributed by atoms with van der Waals surface area (Å²) in [5.41, 5.74) is -0.450. The van der Waals surface area contributed by atoms with E-state index in [-0.39, 0.29) is 6.09 Å². The van der Waals surface area contributed by atoms with Crippen LogP contribution in [0.3, 0.4) is 0 Å². The summed E-state index contributed by atoms with van der Waals surface area (Å²) in [7, 11) is 0. The van der Waals surface area contributed by atoms with Crippen LogP contribution in [0, 0.1) is 11.8 Å². The molecule has 130 valence electrons. The molecule has 2 unspecified atom stereocenters. The van der Waals surface area contributed by atoms with E-state index in [1.807, 2.05) is 20.8 Å². The molecular weight excluding hydrogens is 280 g/mol. The van der Waals surface area contributed by atoms with Gasteiger partial charge in [-0.05, 0) is 58.4 Å². The van der Waals surface area contributed by atoms with Crippen molar-refractivity contribution in [2.75, 3.05) is 26.2 Å². The lowest BCUT2D eigenvalue weighted by atomic mass is 9.95. The highest BCUT2D eigenvalue weighted by Crippen LogP contribution is 2.13. The van der Waals surface area contributed by atoms with Gasteiger partial charge in [-0.3, -0.25) is 0 Å². The van der Waals surface area contributed by atoms with Crippen LogP contribution in [-0.4, -0.2) is 44.0 Å². The van der Waals surface area contributed by atoms with Gasteiger partial charge in [0.15, 0.2) is 0 Å².